The van der Waals surface area contributed by atoms with E-state index in [0.29, 0.717) is 17.5 Å². The van der Waals surface area contributed by atoms with Crippen LogP contribution >= 0.6 is 0 Å². The maximum absolute atomic E-state index is 5.52. The van der Waals surface area contributed by atoms with Gasteiger partial charge in [-0.15, -0.1) is 0 Å². The second-order valence-electron chi connectivity index (χ2n) is 26.1. The van der Waals surface area contributed by atoms with E-state index < -0.39 is 0 Å². The number of hydrogen-bond donors (Lipinski definition) is 0. The molecule has 0 aliphatic heterocycles. The molecule has 7 nitrogen and oxygen atoms in total. The minimum atomic E-state index is 0.600. The lowest BCUT2D eigenvalue weighted by Gasteiger charge is -2.14. The molecular formula is C88H65N7. The van der Waals surface area contributed by atoms with E-state index in [9.17, 15) is 0 Å². The van der Waals surface area contributed by atoms with Crippen molar-refractivity contribution in [3.05, 3.63) is 306 Å². The number of hydrogen-bond acceptors (Lipinski definition) is 3. The number of nitrogens with zero attached hydrogens (tertiary/aromatic N) is 7. The van der Waals surface area contributed by atoms with E-state index in [1.54, 1.807) is 0 Å². The summed E-state index contributed by atoms with van der Waals surface area (Å²) in [6.07, 6.45) is 0. The molecule has 5 heterocycles. The molecule has 18 rings (SSSR count). The van der Waals surface area contributed by atoms with Gasteiger partial charge in [0.05, 0.1) is 44.1 Å². The molecule has 452 valence electrons. The molecule has 7 heteroatoms. The van der Waals surface area contributed by atoms with Crippen molar-refractivity contribution in [1.82, 2.24) is 33.2 Å². The van der Waals surface area contributed by atoms with Crippen LogP contribution < -0.4 is 0 Å². The third kappa shape index (κ3) is 8.98. The highest BCUT2D eigenvalue weighted by atomic mass is 15.0. The van der Waals surface area contributed by atoms with Crippen LogP contribution in [-0.2, 0) is 0 Å². The fourth-order valence-corrected chi connectivity index (χ4v) is 15.2. The lowest BCUT2D eigenvalue weighted by Crippen LogP contribution is -2.01. The first kappa shape index (κ1) is 55.9. The summed E-state index contributed by atoms with van der Waals surface area (Å²) in [7, 11) is 0. The second-order valence-corrected chi connectivity index (χ2v) is 26.1. The molecule has 0 saturated carbocycles. The highest BCUT2D eigenvalue weighted by Gasteiger charge is 2.24. The van der Waals surface area contributed by atoms with Gasteiger partial charge < -0.3 is 18.3 Å². The molecule has 0 bridgehead atoms. The quantitative estimate of drug-likeness (QED) is 0.145. The monoisotopic (exact) mass is 1220 g/mol. The van der Waals surface area contributed by atoms with E-state index in [1.807, 2.05) is 0 Å². The zero-order chi connectivity index (χ0) is 63.9. The fraction of sp³-hybridized carbons (Fsp3) is 0.0795. The predicted octanol–water partition coefficient (Wildman–Crippen LogP) is 22.8. The summed E-state index contributed by atoms with van der Waals surface area (Å²) in [5.74, 6) is 1.81. The van der Waals surface area contributed by atoms with Gasteiger partial charge >= 0.3 is 0 Å². The van der Waals surface area contributed by atoms with Gasteiger partial charge in [-0.3, -0.25) is 0 Å². The molecular weight excluding hydrogens is 1160 g/mol. The van der Waals surface area contributed by atoms with Crippen LogP contribution in [0.5, 0.6) is 0 Å². The Morgan fingerprint density at radius 1 is 0.211 bits per heavy atom. The Hall–Kier alpha value is -11.9. The van der Waals surface area contributed by atoms with Crippen LogP contribution in [0.4, 0.5) is 0 Å². The van der Waals surface area contributed by atoms with Crippen LogP contribution in [0.1, 0.15) is 38.9 Å². The van der Waals surface area contributed by atoms with Gasteiger partial charge in [-0.05, 0) is 215 Å². The predicted molar refractivity (Wildman–Crippen MR) is 398 cm³/mol. The molecule has 18 aromatic rings. The van der Waals surface area contributed by atoms with Gasteiger partial charge in [0.25, 0.3) is 0 Å². The van der Waals surface area contributed by atoms with Crippen molar-refractivity contribution >= 4 is 87.2 Å². The number of benzene rings is 13. The SMILES string of the molecule is Cc1ccc(-c2nc(-c3ccc(C)c(-c4cccc5c4c4cc(-n6c7ccc(C)cc7c7cc(C)ccc76)ccc4n5-c4ccccc4)c3)nc(-c3ccc(C)c(-c4cccc5c4c4cc(-n6c7ccc(C)cc7c7cc(C)ccc76)ccc4n5-c4ccccc4)c3)n2)cc1. The lowest BCUT2D eigenvalue weighted by molar-refractivity contribution is 1.07. The van der Waals surface area contributed by atoms with Crippen LogP contribution in [0.15, 0.2) is 267 Å². The van der Waals surface area contributed by atoms with Crippen LogP contribution in [0, 0.1) is 48.5 Å². The molecule has 0 N–H and O–H groups in total. The molecule has 0 unspecified atom stereocenters. The normalized spacial score (nSPS) is 11.9. The van der Waals surface area contributed by atoms with Gasteiger partial charge in [-0.1, -0.05) is 161 Å². The van der Waals surface area contributed by atoms with Gasteiger partial charge in [0, 0.05) is 82.5 Å². The summed E-state index contributed by atoms with van der Waals surface area (Å²) >= 11 is 0. The highest BCUT2D eigenvalue weighted by molar-refractivity contribution is 6.19. The van der Waals surface area contributed by atoms with Crippen molar-refractivity contribution in [3.8, 4) is 79.2 Å². The smallest absolute Gasteiger partial charge is 0.164 e. The zero-order valence-electron chi connectivity index (χ0n) is 54.0. The number of para-hydroxylation sites is 2. The minimum Gasteiger partial charge on any atom is -0.309 e. The summed E-state index contributed by atoms with van der Waals surface area (Å²) in [5, 5.41) is 9.74. The van der Waals surface area contributed by atoms with Crippen molar-refractivity contribution < 1.29 is 0 Å². The van der Waals surface area contributed by atoms with Crippen molar-refractivity contribution in [3.63, 3.8) is 0 Å². The van der Waals surface area contributed by atoms with E-state index >= 15 is 0 Å². The fourth-order valence-electron chi connectivity index (χ4n) is 15.2. The van der Waals surface area contributed by atoms with E-state index in [0.717, 1.165) is 94.9 Å². The Morgan fingerprint density at radius 2 is 0.537 bits per heavy atom. The number of aryl methyl sites for hydroxylation is 7. The summed E-state index contributed by atoms with van der Waals surface area (Å²) in [6, 6.07) is 98.4. The molecule has 0 aliphatic carbocycles. The van der Waals surface area contributed by atoms with Crippen molar-refractivity contribution in [1.29, 1.82) is 0 Å². The minimum absolute atomic E-state index is 0.600. The Balaban J connectivity index is 0.817. The average molecular weight is 1220 g/mol. The Labute approximate surface area is 550 Å². The van der Waals surface area contributed by atoms with Gasteiger partial charge in [-0.25, -0.2) is 15.0 Å². The Bertz CT molecular complexity index is 5740. The van der Waals surface area contributed by atoms with Crippen LogP contribution in [0.3, 0.4) is 0 Å². The maximum Gasteiger partial charge on any atom is 0.164 e. The van der Waals surface area contributed by atoms with Crippen molar-refractivity contribution in [2.24, 2.45) is 0 Å². The number of fused-ring (bicyclic) bond motifs is 12. The first-order valence-electron chi connectivity index (χ1n) is 32.8. The highest BCUT2D eigenvalue weighted by Crippen LogP contribution is 2.46. The molecule has 0 atom stereocenters. The molecule has 0 fully saturated rings. The summed E-state index contributed by atoms with van der Waals surface area (Å²) in [6.45, 7) is 15.3. The molecule has 5 aromatic heterocycles. The Kier molecular flexibility index (Phi) is 12.7. The third-order valence-electron chi connectivity index (χ3n) is 19.8. The average Bonchev–Trinajstić information content (AvgIpc) is 1.58. The van der Waals surface area contributed by atoms with Crippen LogP contribution in [0.2, 0.25) is 0 Å². The molecule has 0 saturated heterocycles. The third-order valence-corrected chi connectivity index (χ3v) is 19.8. The summed E-state index contributed by atoms with van der Waals surface area (Å²) in [4.78, 5) is 16.3. The molecule has 0 radical (unpaired) electrons. The molecule has 0 amide bonds. The van der Waals surface area contributed by atoms with E-state index in [4.69, 9.17) is 15.0 Å². The van der Waals surface area contributed by atoms with E-state index in [2.05, 4.69) is 334 Å². The zero-order valence-corrected chi connectivity index (χ0v) is 54.0. The van der Waals surface area contributed by atoms with Gasteiger partial charge in [0.1, 0.15) is 0 Å². The van der Waals surface area contributed by atoms with E-state index in [-0.39, 0.29) is 0 Å². The standard InChI is InChI=1S/C88H65N7/c1-52-24-32-59(33-25-52)86-89-87(60-34-30-57(6)68(48-60)66-20-14-22-82-84(66)74-50-64(36-42-80(74)92(82)62-16-10-8-11-17-62)94-76-38-26-53(2)44-70(76)71-45-54(3)27-39-77(71)94)91-88(90-86)61-35-31-58(7)69(49-61)67-21-15-23-83-85(67)75-51-65(37-43-81(75)93(83)63-18-12-9-13-19-63)95-78-40-28-55(4)46-72(78)73-47-56(5)29-41-79(73)95/h8-51H,1-7H3. The first-order valence-corrected chi connectivity index (χ1v) is 32.8. The van der Waals surface area contributed by atoms with Crippen molar-refractivity contribution in [2.75, 3.05) is 0 Å². The van der Waals surface area contributed by atoms with Gasteiger partial charge in [-0.2, -0.15) is 0 Å². The number of aromatic nitrogens is 7. The number of rotatable bonds is 9. The topological polar surface area (TPSA) is 58.4 Å². The molecule has 95 heavy (non-hydrogen) atoms. The van der Waals surface area contributed by atoms with E-state index in [1.165, 1.54) is 93.0 Å². The molecule has 13 aromatic carbocycles. The largest absolute Gasteiger partial charge is 0.309 e. The van der Waals surface area contributed by atoms with Crippen molar-refractivity contribution in [2.45, 2.75) is 48.5 Å². The second kappa shape index (κ2) is 21.6. The lowest BCUT2D eigenvalue weighted by atomic mass is 9.93. The molecule has 0 spiro atoms. The Morgan fingerprint density at radius 3 is 0.926 bits per heavy atom. The van der Waals surface area contributed by atoms with Gasteiger partial charge in [0.15, 0.2) is 17.5 Å². The first-order chi connectivity index (χ1) is 46.5. The summed E-state index contributed by atoms with van der Waals surface area (Å²) < 4.78 is 9.73. The summed E-state index contributed by atoms with van der Waals surface area (Å²) in [5.41, 5.74) is 29.4. The molecule has 0 aliphatic rings. The maximum atomic E-state index is 5.52. The van der Waals surface area contributed by atoms with Crippen LogP contribution in [-0.4, -0.2) is 33.2 Å². The van der Waals surface area contributed by atoms with Gasteiger partial charge in [0.2, 0.25) is 0 Å². The van der Waals surface area contributed by atoms with Crippen LogP contribution in [0.25, 0.3) is 166 Å².